The number of hydrogen-bond donors (Lipinski definition) is 3. The molecular weight excluding hydrogens is 296 g/mol. The number of rotatable bonds is 5. The Balaban J connectivity index is 2.10. The van der Waals surface area contributed by atoms with Crippen LogP contribution in [-0.2, 0) is 4.79 Å². The van der Waals surface area contributed by atoms with Crippen LogP contribution >= 0.6 is 22.7 Å². The van der Waals surface area contributed by atoms with Gasteiger partial charge in [0.2, 0.25) is 0 Å². The van der Waals surface area contributed by atoms with Gasteiger partial charge >= 0.3 is 5.97 Å². The van der Waals surface area contributed by atoms with E-state index in [0.29, 0.717) is 10.8 Å². The van der Waals surface area contributed by atoms with Crippen molar-refractivity contribution in [1.29, 1.82) is 0 Å². The van der Waals surface area contributed by atoms with Crippen molar-refractivity contribution >= 4 is 33.8 Å². The van der Waals surface area contributed by atoms with Crippen LogP contribution in [0, 0.1) is 13.8 Å². The fraction of sp³-hybridized carbons (Fsp3) is 0.417. The van der Waals surface area contributed by atoms with Gasteiger partial charge in [0.15, 0.2) is 5.13 Å². The molecule has 0 aliphatic carbocycles. The van der Waals surface area contributed by atoms with E-state index in [0.717, 1.165) is 15.6 Å². The lowest BCUT2D eigenvalue weighted by molar-refractivity contribution is -0.138. The van der Waals surface area contributed by atoms with E-state index in [1.165, 1.54) is 11.3 Å². The van der Waals surface area contributed by atoms with Gasteiger partial charge in [0, 0.05) is 10.3 Å². The number of nitrogens with zero attached hydrogens (tertiary/aromatic N) is 2. The molecule has 20 heavy (non-hydrogen) atoms. The standard InChI is InChI=1S/C12H16N4O2S2/c1-5-10(20-7(3)14-5)6(2)15-12-16-8(4-19-12)9(13)11(17)18/h4,6,9H,13H2,1-3H3,(H,15,16)(H,17,18). The summed E-state index contributed by atoms with van der Waals surface area (Å²) in [5.74, 6) is -1.08. The Bertz CT molecular complexity index is 623. The first-order valence-corrected chi connectivity index (χ1v) is 7.72. The molecule has 108 valence electrons. The Labute approximate surface area is 124 Å². The molecule has 0 bridgehead atoms. The molecule has 0 aliphatic rings. The highest BCUT2D eigenvalue weighted by molar-refractivity contribution is 7.14. The van der Waals surface area contributed by atoms with Crippen LogP contribution < -0.4 is 11.1 Å². The smallest absolute Gasteiger partial charge is 0.326 e. The molecule has 0 saturated heterocycles. The van der Waals surface area contributed by atoms with Crippen molar-refractivity contribution in [3.05, 3.63) is 26.7 Å². The van der Waals surface area contributed by atoms with Crippen molar-refractivity contribution in [3.8, 4) is 0 Å². The largest absolute Gasteiger partial charge is 0.480 e. The summed E-state index contributed by atoms with van der Waals surface area (Å²) in [6.45, 7) is 5.98. The minimum Gasteiger partial charge on any atom is -0.480 e. The summed E-state index contributed by atoms with van der Waals surface area (Å²) in [5, 5.41) is 15.5. The molecule has 8 heteroatoms. The van der Waals surface area contributed by atoms with E-state index in [9.17, 15) is 4.79 Å². The number of thiazole rings is 2. The summed E-state index contributed by atoms with van der Waals surface area (Å²) in [7, 11) is 0. The molecule has 0 aromatic carbocycles. The predicted octanol–water partition coefficient (Wildman–Crippen LogP) is 2.47. The lowest BCUT2D eigenvalue weighted by Gasteiger charge is -2.11. The first kappa shape index (κ1) is 14.9. The van der Waals surface area contributed by atoms with Gasteiger partial charge in [0.1, 0.15) is 6.04 Å². The first-order chi connectivity index (χ1) is 9.38. The van der Waals surface area contributed by atoms with Gasteiger partial charge in [0.05, 0.1) is 22.4 Å². The minimum atomic E-state index is -1.08. The summed E-state index contributed by atoms with van der Waals surface area (Å²) in [6, 6.07) is -1.01. The van der Waals surface area contributed by atoms with Crippen molar-refractivity contribution in [2.75, 3.05) is 5.32 Å². The van der Waals surface area contributed by atoms with Gasteiger partial charge in [0.25, 0.3) is 0 Å². The van der Waals surface area contributed by atoms with Crippen LogP contribution in [-0.4, -0.2) is 21.0 Å². The number of hydrogen-bond acceptors (Lipinski definition) is 7. The minimum absolute atomic E-state index is 0.0706. The Hall–Kier alpha value is -1.51. The Morgan fingerprint density at radius 3 is 2.70 bits per heavy atom. The van der Waals surface area contributed by atoms with Crippen LogP contribution in [0.5, 0.6) is 0 Å². The Kier molecular flexibility index (Phi) is 4.36. The van der Waals surface area contributed by atoms with E-state index >= 15 is 0 Å². The van der Waals surface area contributed by atoms with E-state index in [4.69, 9.17) is 10.8 Å². The fourth-order valence-corrected chi connectivity index (χ4v) is 3.59. The number of aromatic nitrogens is 2. The van der Waals surface area contributed by atoms with Gasteiger partial charge < -0.3 is 16.2 Å². The van der Waals surface area contributed by atoms with Gasteiger partial charge in [-0.25, -0.2) is 9.97 Å². The van der Waals surface area contributed by atoms with E-state index in [2.05, 4.69) is 15.3 Å². The highest BCUT2D eigenvalue weighted by Gasteiger charge is 2.19. The molecular formula is C12H16N4O2S2. The fourth-order valence-electron chi connectivity index (χ4n) is 1.82. The summed E-state index contributed by atoms with van der Waals surface area (Å²) in [6.07, 6.45) is 0. The van der Waals surface area contributed by atoms with E-state index in [1.807, 2.05) is 20.8 Å². The second-order valence-electron chi connectivity index (χ2n) is 4.44. The Morgan fingerprint density at radius 1 is 1.45 bits per heavy atom. The summed E-state index contributed by atoms with van der Waals surface area (Å²) in [5.41, 5.74) is 6.91. The molecule has 0 aliphatic heterocycles. The summed E-state index contributed by atoms with van der Waals surface area (Å²) in [4.78, 5) is 20.6. The maximum absolute atomic E-state index is 10.8. The number of carboxylic acid groups (broad SMARTS) is 1. The van der Waals surface area contributed by atoms with Crippen molar-refractivity contribution in [1.82, 2.24) is 9.97 Å². The highest BCUT2D eigenvalue weighted by Crippen LogP contribution is 2.29. The molecule has 2 aromatic rings. The Morgan fingerprint density at radius 2 is 2.15 bits per heavy atom. The average molecular weight is 312 g/mol. The highest BCUT2D eigenvalue weighted by atomic mass is 32.1. The number of nitrogens with two attached hydrogens (primary N) is 1. The van der Waals surface area contributed by atoms with Gasteiger partial charge in [-0.2, -0.15) is 0 Å². The molecule has 0 saturated carbocycles. The van der Waals surface area contributed by atoms with Crippen LogP contribution in [0.3, 0.4) is 0 Å². The molecule has 2 aromatic heterocycles. The third-order valence-corrected chi connectivity index (χ3v) is 4.83. The zero-order valence-electron chi connectivity index (χ0n) is 11.4. The van der Waals surface area contributed by atoms with E-state index in [-0.39, 0.29) is 6.04 Å². The molecule has 2 unspecified atom stereocenters. The molecule has 2 rings (SSSR count). The van der Waals surface area contributed by atoms with Crippen LogP contribution in [0.2, 0.25) is 0 Å². The van der Waals surface area contributed by atoms with Crippen molar-refractivity contribution in [3.63, 3.8) is 0 Å². The molecule has 2 atom stereocenters. The topological polar surface area (TPSA) is 101 Å². The van der Waals surface area contributed by atoms with Gasteiger partial charge in [-0.05, 0) is 20.8 Å². The maximum Gasteiger partial charge on any atom is 0.326 e. The monoisotopic (exact) mass is 312 g/mol. The number of nitrogens with one attached hydrogen (secondary N) is 1. The molecule has 0 fully saturated rings. The zero-order valence-corrected chi connectivity index (χ0v) is 13.0. The van der Waals surface area contributed by atoms with Crippen LogP contribution in [0.25, 0.3) is 0 Å². The molecule has 0 spiro atoms. The first-order valence-electron chi connectivity index (χ1n) is 6.02. The third-order valence-electron chi connectivity index (χ3n) is 2.78. The van der Waals surface area contributed by atoms with E-state index in [1.54, 1.807) is 16.7 Å². The van der Waals surface area contributed by atoms with Crippen LogP contribution in [0.1, 0.15) is 40.3 Å². The lowest BCUT2D eigenvalue weighted by atomic mass is 10.2. The van der Waals surface area contributed by atoms with Gasteiger partial charge in [-0.15, -0.1) is 22.7 Å². The van der Waals surface area contributed by atoms with Crippen LogP contribution in [0.4, 0.5) is 5.13 Å². The number of aliphatic carboxylic acids is 1. The van der Waals surface area contributed by atoms with Gasteiger partial charge in [-0.1, -0.05) is 0 Å². The normalized spacial score (nSPS) is 14.0. The number of aryl methyl sites for hydroxylation is 2. The number of carbonyl (C=O) groups is 1. The maximum atomic E-state index is 10.8. The summed E-state index contributed by atoms with van der Waals surface area (Å²) < 4.78 is 0. The SMILES string of the molecule is Cc1nc(C)c(C(C)Nc2nc(C(N)C(=O)O)cs2)s1. The number of anilines is 1. The van der Waals surface area contributed by atoms with Crippen LogP contribution in [0.15, 0.2) is 5.38 Å². The quantitative estimate of drug-likeness (QED) is 0.784. The second kappa shape index (κ2) is 5.86. The predicted molar refractivity (Wildman–Crippen MR) is 80.3 cm³/mol. The molecule has 4 N–H and O–H groups in total. The lowest BCUT2D eigenvalue weighted by Crippen LogP contribution is -2.21. The molecule has 2 heterocycles. The number of carboxylic acids is 1. The van der Waals surface area contributed by atoms with Crippen molar-refractivity contribution in [2.24, 2.45) is 5.73 Å². The molecule has 0 radical (unpaired) electrons. The van der Waals surface area contributed by atoms with Crippen molar-refractivity contribution in [2.45, 2.75) is 32.9 Å². The van der Waals surface area contributed by atoms with Crippen molar-refractivity contribution < 1.29 is 9.90 Å². The zero-order chi connectivity index (χ0) is 14.9. The average Bonchev–Trinajstić information content (AvgIpc) is 2.95. The molecule has 6 nitrogen and oxygen atoms in total. The molecule has 0 amide bonds. The van der Waals surface area contributed by atoms with Gasteiger partial charge in [-0.3, -0.25) is 4.79 Å². The summed E-state index contributed by atoms with van der Waals surface area (Å²) >= 11 is 2.99. The van der Waals surface area contributed by atoms with E-state index < -0.39 is 12.0 Å². The third kappa shape index (κ3) is 3.14. The second-order valence-corrected chi connectivity index (χ2v) is 6.53.